The summed E-state index contributed by atoms with van der Waals surface area (Å²) in [6.45, 7) is 0. The van der Waals surface area contributed by atoms with Crippen LogP contribution >= 0.6 is 0 Å². The summed E-state index contributed by atoms with van der Waals surface area (Å²) in [5, 5.41) is 0. The monoisotopic (exact) mass is 183 g/mol. The van der Waals surface area contributed by atoms with Gasteiger partial charge in [-0.25, -0.2) is 15.8 Å². The summed E-state index contributed by atoms with van der Waals surface area (Å²) < 4.78 is 5.12. The van der Waals surface area contributed by atoms with Gasteiger partial charge in [-0.2, -0.15) is 0 Å². The number of nitrogens with one attached hydrogen (secondary N) is 1. The molecule has 13 heavy (non-hydrogen) atoms. The van der Waals surface area contributed by atoms with E-state index in [-0.39, 0.29) is 0 Å². The first kappa shape index (κ1) is 9.53. The molecule has 0 saturated carbocycles. The van der Waals surface area contributed by atoms with Crippen molar-refractivity contribution in [1.82, 2.24) is 9.97 Å². The average Bonchev–Trinajstić information content (AvgIpc) is 2.16. The number of anilines is 2. The Hall–Kier alpha value is -1.56. The molecule has 1 aromatic rings. The van der Waals surface area contributed by atoms with Crippen LogP contribution in [-0.4, -0.2) is 31.2 Å². The molecule has 6 nitrogen and oxygen atoms in total. The van der Waals surface area contributed by atoms with Gasteiger partial charge in [-0.3, -0.25) is 0 Å². The van der Waals surface area contributed by atoms with Crippen LogP contribution in [0.25, 0.3) is 0 Å². The fourth-order valence-electron chi connectivity index (χ4n) is 0.974. The molecular formula is C7H13N5O. The molecule has 0 aliphatic rings. The molecule has 0 unspecified atom stereocenters. The van der Waals surface area contributed by atoms with E-state index in [1.165, 1.54) is 6.33 Å². The Morgan fingerprint density at radius 2 is 2.15 bits per heavy atom. The molecule has 0 aliphatic heterocycles. The Kier molecular flexibility index (Phi) is 2.86. The van der Waals surface area contributed by atoms with Crippen LogP contribution in [0.2, 0.25) is 0 Å². The van der Waals surface area contributed by atoms with Gasteiger partial charge in [-0.05, 0) is 0 Å². The Morgan fingerprint density at radius 3 is 2.62 bits per heavy atom. The van der Waals surface area contributed by atoms with Crippen LogP contribution < -0.4 is 20.9 Å². The first-order valence-electron chi connectivity index (χ1n) is 3.73. The number of rotatable bonds is 3. The summed E-state index contributed by atoms with van der Waals surface area (Å²) in [5.41, 5.74) is 2.44. The van der Waals surface area contributed by atoms with Crippen LogP contribution in [0, 0.1) is 0 Å². The molecule has 0 spiro atoms. The van der Waals surface area contributed by atoms with Gasteiger partial charge in [0, 0.05) is 14.1 Å². The second-order valence-corrected chi connectivity index (χ2v) is 2.62. The molecule has 1 aromatic heterocycles. The highest BCUT2D eigenvalue weighted by Gasteiger charge is 2.11. The molecule has 0 amide bonds. The van der Waals surface area contributed by atoms with Crippen LogP contribution in [0.1, 0.15) is 0 Å². The number of hydrogen-bond donors (Lipinski definition) is 2. The van der Waals surface area contributed by atoms with Crippen LogP contribution in [-0.2, 0) is 0 Å². The quantitative estimate of drug-likeness (QED) is 0.501. The number of nitrogens with two attached hydrogens (primary N) is 1. The fraction of sp³-hybridized carbons (Fsp3) is 0.429. The molecule has 3 N–H and O–H groups in total. The third kappa shape index (κ3) is 1.78. The van der Waals surface area contributed by atoms with Crippen molar-refractivity contribution in [2.24, 2.45) is 5.84 Å². The van der Waals surface area contributed by atoms with Crippen molar-refractivity contribution < 1.29 is 4.74 Å². The van der Waals surface area contributed by atoms with Crippen molar-refractivity contribution in [3.63, 3.8) is 0 Å². The molecule has 0 bridgehead atoms. The predicted molar refractivity (Wildman–Crippen MR) is 50.7 cm³/mol. The van der Waals surface area contributed by atoms with Crippen molar-refractivity contribution in [3.05, 3.63) is 6.33 Å². The van der Waals surface area contributed by atoms with Gasteiger partial charge in [0.1, 0.15) is 6.33 Å². The van der Waals surface area contributed by atoms with E-state index in [1.807, 2.05) is 19.0 Å². The van der Waals surface area contributed by atoms with Gasteiger partial charge in [0.2, 0.25) is 5.75 Å². The van der Waals surface area contributed by atoms with Crippen molar-refractivity contribution >= 4 is 11.6 Å². The van der Waals surface area contributed by atoms with E-state index in [0.29, 0.717) is 17.4 Å². The van der Waals surface area contributed by atoms with Gasteiger partial charge in [-0.1, -0.05) is 0 Å². The number of nitrogen functional groups attached to an aromatic ring is 1. The molecular weight excluding hydrogens is 170 g/mol. The molecule has 6 heteroatoms. The highest BCUT2D eigenvalue weighted by atomic mass is 16.5. The minimum Gasteiger partial charge on any atom is -0.490 e. The van der Waals surface area contributed by atoms with Crippen LogP contribution in [0.5, 0.6) is 5.75 Å². The number of nitrogens with zero attached hydrogens (tertiary/aromatic N) is 3. The van der Waals surface area contributed by atoms with E-state index in [9.17, 15) is 0 Å². The minimum atomic E-state index is 0.473. The molecule has 0 fully saturated rings. The second-order valence-electron chi connectivity index (χ2n) is 2.62. The lowest BCUT2D eigenvalue weighted by atomic mass is 10.4. The molecule has 0 aromatic carbocycles. The van der Waals surface area contributed by atoms with Gasteiger partial charge in [0.15, 0.2) is 11.6 Å². The van der Waals surface area contributed by atoms with E-state index in [1.54, 1.807) is 7.11 Å². The van der Waals surface area contributed by atoms with E-state index >= 15 is 0 Å². The zero-order chi connectivity index (χ0) is 9.84. The minimum absolute atomic E-state index is 0.473. The van der Waals surface area contributed by atoms with Crippen molar-refractivity contribution in [2.75, 3.05) is 31.5 Å². The lowest BCUT2D eigenvalue weighted by molar-refractivity contribution is 0.413. The number of methoxy groups -OCH3 is 1. The number of ether oxygens (including phenoxy) is 1. The van der Waals surface area contributed by atoms with Crippen LogP contribution in [0.3, 0.4) is 0 Å². The molecule has 1 rings (SSSR count). The van der Waals surface area contributed by atoms with Crippen molar-refractivity contribution in [3.8, 4) is 5.75 Å². The number of hydrogen-bond acceptors (Lipinski definition) is 6. The second kappa shape index (κ2) is 3.90. The molecule has 0 atom stereocenters. The third-order valence-corrected chi connectivity index (χ3v) is 1.55. The lowest BCUT2D eigenvalue weighted by Gasteiger charge is -2.16. The van der Waals surface area contributed by atoms with Gasteiger partial charge < -0.3 is 15.1 Å². The molecule has 1 heterocycles. The number of hydrazine groups is 1. The van der Waals surface area contributed by atoms with Crippen molar-refractivity contribution in [2.45, 2.75) is 0 Å². The Bertz CT molecular complexity index is 288. The smallest absolute Gasteiger partial charge is 0.205 e. The number of aromatic nitrogens is 2. The summed E-state index contributed by atoms with van der Waals surface area (Å²) >= 11 is 0. The summed E-state index contributed by atoms with van der Waals surface area (Å²) in [6.07, 6.45) is 1.42. The zero-order valence-electron chi connectivity index (χ0n) is 7.90. The van der Waals surface area contributed by atoms with Gasteiger partial charge >= 0.3 is 0 Å². The SMILES string of the molecule is COc1c(NN)ncnc1N(C)C. The zero-order valence-corrected chi connectivity index (χ0v) is 7.90. The summed E-state index contributed by atoms with van der Waals surface area (Å²) in [5.74, 6) is 6.95. The Labute approximate surface area is 76.7 Å². The topological polar surface area (TPSA) is 76.3 Å². The maximum absolute atomic E-state index is 5.26. The summed E-state index contributed by atoms with van der Waals surface area (Å²) in [6, 6.07) is 0. The van der Waals surface area contributed by atoms with E-state index < -0.39 is 0 Å². The molecule has 72 valence electrons. The van der Waals surface area contributed by atoms with Gasteiger partial charge in [-0.15, -0.1) is 0 Å². The Balaban J connectivity index is 3.19. The average molecular weight is 183 g/mol. The van der Waals surface area contributed by atoms with Gasteiger partial charge in [0.05, 0.1) is 7.11 Å². The highest BCUT2D eigenvalue weighted by Crippen LogP contribution is 2.29. The van der Waals surface area contributed by atoms with Gasteiger partial charge in [0.25, 0.3) is 0 Å². The molecule has 0 aliphatic carbocycles. The van der Waals surface area contributed by atoms with E-state index in [2.05, 4.69) is 15.4 Å². The van der Waals surface area contributed by atoms with E-state index in [0.717, 1.165) is 0 Å². The van der Waals surface area contributed by atoms with Crippen LogP contribution in [0.15, 0.2) is 6.33 Å². The normalized spacial score (nSPS) is 9.54. The predicted octanol–water partition coefficient (Wildman–Crippen LogP) is -0.163. The fourth-order valence-corrected chi connectivity index (χ4v) is 0.974. The first-order valence-corrected chi connectivity index (χ1v) is 3.73. The van der Waals surface area contributed by atoms with E-state index in [4.69, 9.17) is 10.6 Å². The van der Waals surface area contributed by atoms with Crippen LogP contribution in [0.4, 0.5) is 11.6 Å². The third-order valence-electron chi connectivity index (χ3n) is 1.55. The Morgan fingerprint density at radius 1 is 1.46 bits per heavy atom. The summed E-state index contributed by atoms with van der Waals surface area (Å²) in [4.78, 5) is 9.78. The lowest BCUT2D eigenvalue weighted by Crippen LogP contribution is -2.16. The largest absolute Gasteiger partial charge is 0.490 e. The summed E-state index contributed by atoms with van der Waals surface area (Å²) in [7, 11) is 5.28. The highest BCUT2D eigenvalue weighted by molar-refractivity contribution is 5.63. The standard InChI is InChI=1S/C7H13N5O/c1-12(2)7-5(13-3)6(11-8)9-4-10-7/h4H,8H2,1-3H3,(H,9,10,11). The first-order chi connectivity index (χ1) is 6.20. The maximum Gasteiger partial charge on any atom is 0.205 e. The molecule has 0 saturated heterocycles. The molecule has 0 radical (unpaired) electrons. The maximum atomic E-state index is 5.26. The van der Waals surface area contributed by atoms with Crippen molar-refractivity contribution in [1.29, 1.82) is 0 Å².